The van der Waals surface area contributed by atoms with E-state index in [1.807, 2.05) is 0 Å². The third-order valence-electron chi connectivity index (χ3n) is 7.14. The standard InChI is InChI=1S/C21H39NO2.CH5N/c1-2-3-4-5-9-16-10-8-12-17(16)21(23)19-14-15-22-24-20-13-7-6-11-18(19)20;1-2/h16-23H,2-15H2,1H3;2H2,1H3. The minimum atomic E-state index is -0.0993. The van der Waals surface area contributed by atoms with Crippen molar-refractivity contribution in [3.63, 3.8) is 0 Å². The van der Waals surface area contributed by atoms with E-state index in [0.717, 1.165) is 18.9 Å². The van der Waals surface area contributed by atoms with Crippen molar-refractivity contribution in [2.75, 3.05) is 13.6 Å². The first-order chi connectivity index (χ1) is 12.8. The van der Waals surface area contributed by atoms with E-state index < -0.39 is 0 Å². The molecule has 0 aromatic rings. The van der Waals surface area contributed by atoms with Gasteiger partial charge in [-0.3, -0.25) is 4.84 Å². The van der Waals surface area contributed by atoms with Crippen molar-refractivity contribution >= 4 is 0 Å². The van der Waals surface area contributed by atoms with Crippen LogP contribution >= 0.6 is 0 Å². The van der Waals surface area contributed by atoms with Crippen molar-refractivity contribution in [2.24, 2.45) is 29.4 Å². The maximum atomic E-state index is 11.3. The minimum absolute atomic E-state index is 0.0993. The fraction of sp³-hybridized carbons (Fsp3) is 1.00. The molecule has 3 aliphatic rings. The summed E-state index contributed by atoms with van der Waals surface area (Å²) in [5.41, 5.74) is 7.67. The fourth-order valence-electron chi connectivity index (χ4n) is 5.82. The summed E-state index contributed by atoms with van der Waals surface area (Å²) in [5.74, 6) is 2.35. The Kier molecular flexibility index (Phi) is 10.5. The molecule has 154 valence electrons. The Bertz CT molecular complexity index is 366. The highest BCUT2D eigenvalue weighted by atomic mass is 16.7. The molecule has 6 atom stereocenters. The Morgan fingerprint density at radius 1 is 0.962 bits per heavy atom. The van der Waals surface area contributed by atoms with Gasteiger partial charge in [-0.2, -0.15) is 0 Å². The van der Waals surface area contributed by atoms with Crippen LogP contribution in [0.25, 0.3) is 0 Å². The average molecular weight is 369 g/mol. The van der Waals surface area contributed by atoms with E-state index in [1.54, 1.807) is 0 Å². The summed E-state index contributed by atoms with van der Waals surface area (Å²) in [6.07, 6.45) is 17.1. The van der Waals surface area contributed by atoms with E-state index in [9.17, 15) is 5.11 Å². The maximum absolute atomic E-state index is 11.3. The van der Waals surface area contributed by atoms with Crippen LogP contribution in [-0.4, -0.2) is 30.9 Å². The molecule has 3 rings (SSSR count). The number of aliphatic hydroxyl groups is 1. The number of hydrogen-bond acceptors (Lipinski definition) is 4. The van der Waals surface area contributed by atoms with Gasteiger partial charge in [-0.15, -0.1) is 0 Å². The lowest BCUT2D eigenvalue weighted by Gasteiger charge is -2.39. The quantitative estimate of drug-likeness (QED) is 0.582. The zero-order valence-electron chi connectivity index (χ0n) is 17.3. The summed E-state index contributed by atoms with van der Waals surface area (Å²) in [7, 11) is 1.50. The van der Waals surface area contributed by atoms with E-state index in [2.05, 4.69) is 18.1 Å². The molecule has 4 heteroatoms. The lowest BCUT2D eigenvalue weighted by Crippen LogP contribution is -2.41. The van der Waals surface area contributed by atoms with Crippen molar-refractivity contribution in [3.05, 3.63) is 0 Å². The number of hydrogen-bond donors (Lipinski definition) is 3. The molecule has 26 heavy (non-hydrogen) atoms. The number of fused-ring (bicyclic) bond motifs is 1. The predicted molar refractivity (Wildman–Crippen MR) is 109 cm³/mol. The normalized spacial score (nSPS) is 35.8. The third kappa shape index (κ3) is 5.92. The van der Waals surface area contributed by atoms with Gasteiger partial charge in [-0.1, -0.05) is 64.7 Å². The summed E-state index contributed by atoms with van der Waals surface area (Å²) in [5, 5.41) is 11.3. The molecule has 0 aromatic carbocycles. The molecule has 0 aromatic heterocycles. The molecule has 2 saturated carbocycles. The Labute approximate surface area is 161 Å². The van der Waals surface area contributed by atoms with Crippen molar-refractivity contribution < 1.29 is 9.94 Å². The first-order valence-electron chi connectivity index (χ1n) is 11.5. The highest BCUT2D eigenvalue weighted by molar-refractivity contribution is 4.92. The molecule has 4 nitrogen and oxygen atoms in total. The second kappa shape index (κ2) is 12.3. The van der Waals surface area contributed by atoms with Gasteiger partial charge in [0.1, 0.15) is 0 Å². The molecule has 3 fully saturated rings. The lowest BCUT2D eigenvalue weighted by molar-refractivity contribution is -0.0839. The van der Waals surface area contributed by atoms with E-state index in [1.165, 1.54) is 84.1 Å². The molecular formula is C22H44N2O2. The molecule has 1 heterocycles. The molecule has 0 radical (unpaired) electrons. The van der Waals surface area contributed by atoms with Crippen LogP contribution in [0.15, 0.2) is 0 Å². The number of nitrogens with one attached hydrogen (secondary N) is 1. The first-order valence-corrected chi connectivity index (χ1v) is 11.5. The van der Waals surface area contributed by atoms with Gasteiger partial charge < -0.3 is 10.8 Å². The molecule has 0 amide bonds. The van der Waals surface area contributed by atoms with Gasteiger partial charge >= 0.3 is 0 Å². The highest BCUT2D eigenvalue weighted by Gasteiger charge is 2.43. The van der Waals surface area contributed by atoms with Crippen LogP contribution < -0.4 is 11.2 Å². The molecule has 0 spiro atoms. The zero-order chi connectivity index (χ0) is 18.8. The van der Waals surface area contributed by atoms with Crippen LogP contribution in [0.3, 0.4) is 0 Å². The fourth-order valence-corrected chi connectivity index (χ4v) is 5.82. The number of hydroxylamine groups is 1. The Morgan fingerprint density at radius 3 is 2.58 bits per heavy atom. The predicted octanol–water partition coefficient (Wildman–Crippen LogP) is 4.41. The molecule has 0 bridgehead atoms. The van der Waals surface area contributed by atoms with E-state index in [0.29, 0.717) is 23.9 Å². The van der Waals surface area contributed by atoms with Gasteiger partial charge in [0.25, 0.3) is 0 Å². The lowest BCUT2D eigenvalue weighted by atomic mass is 9.70. The number of nitrogens with two attached hydrogens (primary N) is 1. The van der Waals surface area contributed by atoms with Crippen molar-refractivity contribution in [2.45, 2.75) is 103 Å². The first kappa shape index (κ1) is 22.1. The zero-order valence-corrected chi connectivity index (χ0v) is 17.3. The Hall–Kier alpha value is -0.160. The van der Waals surface area contributed by atoms with Crippen LogP contribution in [0, 0.1) is 23.7 Å². The maximum Gasteiger partial charge on any atom is 0.0822 e. The Balaban J connectivity index is 0.00000117. The Morgan fingerprint density at radius 2 is 1.77 bits per heavy atom. The smallest absolute Gasteiger partial charge is 0.0822 e. The van der Waals surface area contributed by atoms with Crippen LogP contribution in [-0.2, 0) is 4.84 Å². The third-order valence-corrected chi connectivity index (χ3v) is 7.14. The van der Waals surface area contributed by atoms with Gasteiger partial charge in [0.2, 0.25) is 0 Å². The van der Waals surface area contributed by atoms with Gasteiger partial charge in [0.15, 0.2) is 0 Å². The highest BCUT2D eigenvalue weighted by Crippen LogP contribution is 2.44. The second-order valence-corrected chi connectivity index (χ2v) is 8.65. The van der Waals surface area contributed by atoms with Gasteiger partial charge in [-0.05, 0) is 56.4 Å². The van der Waals surface area contributed by atoms with Crippen LogP contribution in [0.4, 0.5) is 0 Å². The van der Waals surface area contributed by atoms with Crippen LogP contribution in [0.2, 0.25) is 0 Å². The summed E-state index contributed by atoms with van der Waals surface area (Å²) in [4.78, 5) is 5.91. The number of unbranched alkanes of at least 4 members (excludes halogenated alkanes) is 3. The largest absolute Gasteiger partial charge is 0.393 e. The van der Waals surface area contributed by atoms with Crippen LogP contribution in [0.1, 0.15) is 90.4 Å². The summed E-state index contributed by atoms with van der Waals surface area (Å²) < 4.78 is 0. The van der Waals surface area contributed by atoms with Crippen molar-refractivity contribution in [3.8, 4) is 0 Å². The number of rotatable bonds is 7. The summed E-state index contributed by atoms with van der Waals surface area (Å²) in [6, 6.07) is 0. The topological polar surface area (TPSA) is 67.5 Å². The molecular weight excluding hydrogens is 324 g/mol. The SMILES string of the molecule is CCCCCCC1CCCC1C(O)C1CCNOC2CCCCC21.CN. The van der Waals surface area contributed by atoms with E-state index in [-0.39, 0.29) is 6.10 Å². The average Bonchev–Trinajstić information content (AvgIpc) is 3.05. The minimum Gasteiger partial charge on any atom is -0.393 e. The number of aliphatic hydroxyl groups excluding tert-OH is 1. The molecule has 1 saturated heterocycles. The van der Waals surface area contributed by atoms with E-state index in [4.69, 9.17) is 4.84 Å². The van der Waals surface area contributed by atoms with Gasteiger partial charge in [0.05, 0.1) is 12.2 Å². The van der Waals surface area contributed by atoms with Crippen LogP contribution in [0.5, 0.6) is 0 Å². The molecule has 6 unspecified atom stereocenters. The second-order valence-electron chi connectivity index (χ2n) is 8.65. The van der Waals surface area contributed by atoms with Gasteiger partial charge in [-0.25, -0.2) is 5.48 Å². The monoisotopic (exact) mass is 368 g/mol. The molecule has 2 aliphatic carbocycles. The molecule has 4 N–H and O–H groups in total. The van der Waals surface area contributed by atoms with Gasteiger partial charge in [0, 0.05) is 6.54 Å². The van der Waals surface area contributed by atoms with Crippen molar-refractivity contribution in [1.82, 2.24) is 5.48 Å². The van der Waals surface area contributed by atoms with E-state index >= 15 is 0 Å². The summed E-state index contributed by atoms with van der Waals surface area (Å²) in [6.45, 7) is 3.19. The summed E-state index contributed by atoms with van der Waals surface area (Å²) >= 11 is 0. The molecule has 1 aliphatic heterocycles. The van der Waals surface area contributed by atoms with Crippen molar-refractivity contribution in [1.29, 1.82) is 0 Å².